The molecule has 0 aliphatic carbocycles. The van der Waals surface area contributed by atoms with Crippen LogP contribution in [0.25, 0.3) is 0 Å². The quantitative estimate of drug-likeness (QED) is 0.810. The zero-order valence-electron chi connectivity index (χ0n) is 12.0. The number of halogens is 2. The van der Waals surface area contributed by atoms with Gasteiger partial charge in [-0.3, -0.25) is 9.59 Å². The van der Waals surface area contributed by atoms with Gasteiger partial charge in [0.2, 0.25) is 11.8 Å². The molecular formula is C13H16ClFN2O4S. The summed E-state index contributed by atoms with van der Waals surface area (Å²) in [5.74, 6) is -1.96. The van der Waals surface area contributed by atoms with Gasteiger partial charge in [-0.25, -0.2) is 12.8 Å². The molecule has 0 bridgehead atoms. The van der Waals surface area contributed by atoms with Gasteiger partial charge < -0.3 is 10.6 Å². The van der Waals surface area contributed by atoms with Gasteiger partial charge in [-0.1, -0.05) is 11.6 Å². The first-order valence-corrected chi connectivity index (χ1v) is 8.73. The van der Waals surface area contributed by atoms with Crippen molar-refractivity contribution < 1.29 is 22.4 Å². The number of nitrogens with one attached hydrogen (secondary N) is 2. The molecule has 1 aromatic rings. The standard InChI is InChI=1S/C13H16ClFN2O4S/c1-8(18)16-12(5-6-22(2,20)21)13(19)17-9-3-4-11(15)10(14)7-9/h3-4,7,12H,5-6H2,1-2H3,(H,16,18)(H,17,19)/t12-/m1/s1. The number of rotatable bonds is 6. The summed E-state index contributed by atoms with van der Waals surface area (Å²) < 4.78 is 35.4. The number of hydrogen-bond donors (Lipinski definition) is 2. The minimum atomic E-state index is -3.28. The highest BCUT2D eigenvalue weighted by Crippen LogP contribution is 2.19. The second-order valence-electron chi connectivity index (χ2n) is 4.79. The molecule has 0 aliphatic heterocycles. The molecule has 9 heteroatoms. The summed E-state index contributed by atoms with van der Waals surface area (Å²) in [5.41, 5.74) is 0.242. The lowest BCUT2D eigenvalue weighted by atomic mass is 10.2. The number of carbonyl (C=O) groups excluding carboxylic acids is 2. The van der Waals surface area contributed by atoms with E-state index in [1.165, 1.54) is 19.1 Å². The van der Waals surface area contributed by atoms with Gasteiger partial charge in [-0.2, -0.15) is 0 Å². The van der Waals surface area contributed by atoms with E-state index in [-0.39, 0.29) is 22.9 Å². The molecule has 122 valence electrons. The summed E-state index contributed by atoms with van der Waals surface area (Å²) in [6.07, 6.45) is 0.967. The van der Waals surface area contributed by atoms with E-state index in [0.717, 1.165) is 12.3 Å². The average Bonchev–Trinajstić information content (AvgIpc) is 2.37. The Labute approximate surface area is 133 Å². The normalized spacial score (nSPS) is 12.5. The van der Waals surface area contributed by atoms with Gasteiger partial charge >= 0.3 is 0 Å². The van der Waals surface area contributed by atoms with Crippen molar-refractivity contribution in [1.82, 2.24) is 5.32 Å². The Morgan fingerprint density at radius 1 is 1.36 bits per heavy atom. The zero-order valence-corrected chi connectivity index (χ0v) is 13.6. The summed E-state index contributed by atoms with van der Waals surface area (Å²) in [4.78, 5) is 23.2. The summed E-state index contributed by atoms with van der Waals surface area (Å²) in [6, 6.07) is 2.59. The molecule has 0 saturated heterocycles. The molecule has 1 aromatic carbocycles. The lowest BCUT2D eigenvalue weighted by Crippen LogP contribution is -2.43. The van der Waals surface area contributed by atoms with Crippen LogP contribution in [0.15, 0.2) is 18.2 Å². The lowest BCUT2D eigenvalue weighted by Gasteiger charge is -2.17. The van der Waals surface area contributed by atoms with Crippen molar-refractivity contribution in [3.05, 3.63) is 29.0 Å². The second-order valence-corrected chi connectivity index (χ2v) is 7.46. The fraction of sp³-hybridized carbons (Fsp3) is 0.385. The molecule has 1 rings (SSSR count). The maximum absolute atomic E-state index is 13.1. The van der Waals surface area contributed by atoms with Crippen molar-refractivity contribution in [1.29, 1.82) is 0 Å². The fourth-order valence-corrected chi connectivity index (χ4v) is 2.49. The van der Waals surface area contributed by atoms with Crippen LogP contribution in [0.4, 0.5) is 10.1 Å². The van der Waals surface area contributed by atoms with E-state index < -0.39 is 33.5 Å². The van der Waals surface area contributed by atoms with E-state index in [9.17, 15) is 22.4 Å². The van der Waals surface area contributed by atoms with Gasteiger partial charge in [-0.15, -0.1) is 0 Å². The Bertz CT molecular complexity index is 679. The first-order chi connectivity index (χ1) is 10.1. The second kappa shape index (κ2) is 7.55. The van der Waals surface area contributed by atoms with E-state index in [1.54, 1.807) is 0 Å². The van der Waals surface area contributed by atoms with Crippen molar-refractivity contribution >= 4 is 38.9 Å². The average molecular weight is 351 g/mol. The molecule has 0 unspecified atom stereocenters. The van der Waals surface area contributed by atoms with E-state index >= 15 is 0 Å². The molecule has 0 aliphatic rings. The van der Waals surface area contributed by atoms with Gasteiger partial charge in [0.05, 0.1) is 10.8 Å². The Balaban J connectivity index is 2.81. The van der Waals surface area contributed by atoms with Crippen LogP contribution in [0.5, 0.6) is 0 Å². The molecule has 0 radical (unpaired) electrons. The molecule has 1 atom stereocenters. The first kappa shape index (κ1) is 18.4. The molecule has 0 aromatic heterocycles. The molecule has 22 heavy (non-hydrogen) atoms. The van der Waals surface area contributed by atoms with Crippen molar-refractivity contribution in [2.24, 2.45) is 0 Å². The van der Waals surface area contributed by atoms with Crippen LogP contribution in [0.1, 0.15) is 13.3 Å². The Kier molecular flexibility index (Phi) is 6.31. The summed E-state index contributed by atoms with van der Waals surface area (Å²) in [6.45, 7) is 1.22. The zero-order chi connectivity index (χ0) is 16.9. The van der Waals surface area contributed by atoms with Crippen LogP contribution in [-0.2, 0) is 19.4 Å². The minimum Gasteiger partial charge on any atom is -0.345 e. The minimum absolute atomic E-state index is 0.0703. The molecule has 6 nitrogen and oxygen atoms in total. The number of benzene rings is 1. The highest BCUT2D eigenvalue weighted by molar-refractivity contribution is 7.90. The Morgan fingerprint density at radius 3 is 2.50 bits per heavy atom. The number of carbonyl (C=O) groups is 2. The van der Waals surface area contributed by atoms with Crippen LogP contribution < -0.4 is 10.6 Å². The summed E-state index contributed by atoms with van der Waals surface area (Å²) in [5, 5.41) is 4.67. The molecule has 0 spiro atoms. The van der Waals surface area contributed by atoms with E-state index in [4.69, 9.17) is 11.6 Å². The van der Waals surface area contributed by atoms with Crippen LogP contribution in [-0.4, -0.2) is 38.3 Å². The number of hydrogen-bond acceptors (Lipinski definition) is 4. The van der Waals surface area contributed by atoms with Crippen molar-refractivity contribution in [2.45, 2.75) is 19.4 Å². The van der Waals surface area contributed by atoms with Crippen LogP contribution in [0.3, 0.4) is 0 Å². The highest BCUT2D eigenvalue weighted by Gasteiger charge is 2.21. The third-order valence-electron chi connectivity index (χ3n) is 2.66. The maximum Gasteiger partial charge on any atom is 0.246 e. The van der Waals surface area contributed by atoms with Gasteiger partial charge in [0.1, 0.15) is 21.7 Å². The van der Waals surface area contributed by atoms with Crippen molar-refractivity contribution in [3.8, 4) is 0 Å². The van der Waals surface area contributed by atoms with Crippen LogP contribution >= 0.6 is 11.6 Å². The van der Waals surface area contributed by atoms with E-state index in [1.807, 2.05) is 0 Å². The van der Waals surface area contributed by atoms with Gasteiger partial charge in [0, 0.05) is 18.9 Å². The SMILES string of the molecule is CC(=O)N[C@H](CCS(C)(=O)=O)C(=O)Nc1ccc(F)c(Cl)c1. The number of amides is 2. The maximum atomic E-state index is 13.1. The number of sulfone groups is 1. The summed E-state index contributed by atoms with van der Waals surface area (Å²) in [7, 11) is -3.28. The van der Waals surface area contributed by atoms with Crippen molar-refractivity contribution in [3.63, 3.8) is 0 Å². The van der Waals surface area contributed by atoms with Gasteiger partial charge in [-0.05, 0) is 24.6 Å². The third-order valence-corrected chi connectivity index (χ3v) is 3.93. The topological polar surface area (TPSA) is 92.3 Å². The first-order valence-electron chi connectivity index (χ1n) is 6.29. The van der Waals surface area contributed by atoms with E-state index in [2.05, 4.69) is 10.6 Å². The highest BCUT2D eigenvalue weighted by atomic mass is 35.5. The van der Waals surface area contributed by atoms with Crippen LogP contribution in [0.2, 0.25) is 5.02 Å². The predicted molar refractivity (Wildman–Crippen MR) is 82.0 cm³/mol. The molecule has 2 N–H and O–H groups in total. The lowest BCUT2D eigenvalue weighted by molar-refractivity contribution is -0.125. The largest absolute Gasteiger partial charge is 0.345 e. The molecule has 0 saturated carbocycles. The van der Waals surface area contributed by atoms with E-state index in [0.29, 0.717) is 0 Å². The molecule has 0 heterocycles. The fourth-order valence-electron chi connectivity index (χ4n) is 1.65. The monoisotopic (exact) mass is 350 g/mol. The molecule has 0 fully saturated rings. The van der Waals surface area contributed by atoms with Crippen LogP contribution in [0, 0.1) is 5.82 Å². The Hall–Kier alpha value is -1.67. The Morgan fingerprint density at radius 2 is 2.00 bits per heavy atom. The summed E-state index contributed by atoms with van der Waals surface area (Å²) >= 11 is 5.61. The molecule has 2 amide bonds. The number of anilines is 1. The predicted octanol–water partition coefficient (Wildman–Crippen LogP) is 1.36. The smallest absolute Gasteiger partial charge is 0.246 e. The van der Waals surface area contributed by atoms with Crippen molar-refractivity contribution in [2.75, 3.05) is 17.3 Å². The third kappa shape index (κ3) is 6.40. The van der Waals surface area contributed by atoms with Gasteiger partial charge in [0.25, 0.3) is 0 Å². The molecular weight excluding hydrogens is 335 g/mol. The van der Waals surface area contributed by atoms with Gasteiger partial charge in [0.15, 0.2) is 0 Å².